The fraction of sp³-hybridized carbons (Fsp3) is 0.875. The Morgan fingerprint density at radius 2 is 2.17 bits per heavy atom. The lowest BCUT2D eigenvalue weighted by atomic mass is 10.3. The molecule has 1 unspecified atom stereocenters. The number of carbonyl (C=O) groups is 1. The van der Waals surface area contributed by atoms with Crippen LogP contribution < -0.4 is 5.32 Å². The van der Waals surface area contributed by atoms with E-state index in [-0.39, 0.29) is 12.0 Å². The average molecular weight is 171 g/mol. The largest absolute Gasteiger partial charge is 0.376 e. The van der Waals surface area contributed by atoms with Gasteiger partial charge in [-0.25, -0.2) is 0 Å². The third-order valence-corrected chi connectivity index (χ3v) is 2.03. The van der Waals surface area contributed by atoms with Crippen LogP contribution in [0.5, 0.6) is 0 Å². The summed E-state index contributed by atoms with van der Waals surface area (Å²) in [6, 6.07) is 0.406. The van der Waals surface area contributed by atoms with Crippen LogP contribution in [0.25, 0.3) is 0 Å². The highest BCUT2D eigenvalue weighted by Crippen LogP contribution is 2.19. The standard InChI is InChI=1S/C8H13NO3/c10-8(9-6-1-2-6)7-5-11-3-4-12-7/h6-7H,1-5H2,(H,9,10). The highest BCUT2D eigenvalue weighted by molar-refractivity contribution is 5.81. The summed E-state index contributed by atoms with van der Waals surface area (Å²) in [5, 5.41) is 2.88. The van der Waals surface area contributed by atoms with Gasteiger partial charge in [-0.3, -0.25) is 4.79 Å². The van der Waals surface area contributed by atoms with Crippen LogP contribution in [0.2, 0.25) is 0 Å². The van der Waals surface area contributed by atoms with Crippen molar-refractivity contribution in [3.8, 4) is 0 Å². The average Bonchev–Trinajstić information content (AvgIpc) is 2.90. The summed E-state index contributed by atoms with van der Waals surface area (Å²) < 4.78 is 10.4. The van der Waals surface area contributed by atoms with Gasteiger partial charge in [-0.05, 0) is 12.8 Å². The number of ether oxygens (including phenoxy) is 2. The first kappa shape index (κ1) is 8.01. The second kappa shape index (κ2) is 3.41. The van der Waals surface area contributed by atoms with Gasteiger partial charge >= 0.3 is 0 Å². The van der Waals surface area contributed by atoms with Crippen LogP contribution in [0.3, 0.4) is 0 Å². The minimum atomic E-state index is -0.376. The molecule has 0 aromatic heterocycles. The van der Waals surface area contributed by atoms with Crippen molar-refractivity contribution in [3.63, 3.8) is 0 Å². The Balaban J connectivity index is 1.76. The molecule has 0 aromatic rings. The molecule has 4 heteroatoms. The molecule has 4 nitrogen and oxygen atoms in total. The summed E-state index contributed by atoms with van der Waals surface area (Å²) >= 11 is 0. The maximum atomic E-state index is 11.3. The molecule has 0 bridgehead atoms. The zero-order valence-corrected chi connectivity index (χ0v) is 6.91. The maximum absolute atomic E-state index is 11.3. The lowest BCUT2D eigenvalue weighted by Gasteiger charge is -2.21. The minimum absolute atomic E-state index is 0.0165. The van der Waals surface area contributed by atoms with E-state index in [9.17, 15) is 4.79 Å². The van der Waals surface area contributed by atoms with E-state index in [4.69, 9.17) is 9.47 Å². The lowest BCUT2D eigenvalue weighted by Crippen LogP contribution is -2.43. The van der Waals surface area contributed by atoms with E-state index >= 15 is 0 Å². The lowest BCUT2D eigenvalue weighted by molar-refractivity contribution is -0.147. The van der Waals surface area contributed by atoms with Gasteiger partial charge in [0.15, 0.2) is 6.10 Å². The molecule has 1 saturated heterocycles. The molecule has 2 aliphatic rings. The number of rotatable bonds is 2. The van der Waals surface area contributed by atoms with Crippen molar-refractivity contribution in [2.45, 2.75) is 25.0 Å². The number of amides is 1. The molecule has 1 atom stereocenters. The van der Waals surface area contributed by atoms with Gasteiger partial charge in [0.25, 0.3) is 5.91 Å². The molecule has 1 heterocycles. The first-order valence-electron chi connectivity index (χ1n) is 4.36. The number of nitrogens with one attached hydrogen (secondary N) is 1. The van der Waals surface area contributed by atoms with Gasteiger partial charge in [-0.15, -0.1) is 0 Å². The van der Waals surface area contributed by atoms with Crippen LogP contribution in [0.15, 0.2) is 0 Å². The van der Waals surface area contributed by atoms with Crippen LogP contribution in [-0.4, -0.2) is 37.9 Å². The van der Waals surface area contributed by atoms with Gasteiger partial charge < -0.3 is 14.8 Å². The van der Waals surface area contributed by atoms with Gasteiger partial charge in [0, 0.05) is 6.04 Å². The second-order valence-electron chi connectivity index (χ2n) is 3.22. The summed E-state index contributed by atoms with van der Waals surface area (Å²) in [6.07, 6.45) is 1.85. The van der Waals surface area contributed by atoms with Crippen LogP contribution in [-0.2, 0) is 14.3 Å². The second-order valence-corrected chi connectivity index (χ2v) is 3.22. The Labute approximate surface area is 71.2 Å². The first-order valence-corrected chi connectivity index (χ1v) is 4.36. The molecule has 1 saturated carbocycles. The van der Waals surface area contributed by atoms with E-state index in [1.54, 1.807) is 0 Å². The van der Waals surface area contributed by atoms with E-state index in [2.05, 4.69) is 5.32 Å². The fourth-order valence-corrected chi connectivity index (χ4v) is 1.16. The van der Waals surface area contributed by atoms with Gasteiger partial charge in [-0.2, -0.15) is 0 Å². The van der Waals surface area contributed by atoms with Crippen molar-refractivity contribution in [2.75, 3.05) is 19.8 Å². The van der Waals surface area contributed by atoms with Crippen molar-refractivity contribution < 1.29 is 14.3 Å². The third-order valence-electron chi connectivity index (χ3n) is 2.03. The molecular weight excluding hydrogens is 158 g/mol. The Kier molecular flexibility index (Phi) is 2.28. The predicted octanol–water partition coefficient (Wildman–Crippen LogP) is -0.320. The topological polar surface area (TPSA) is 47.6 Å². The first-order chi connectivity index (χ1) is 5.86. The maximum Gasteiger partial charge on any atom is 0.251 e. The molecule has 0 aromatic carbocycles. The summed E-state index contributed by atoms with van der Waals surface area (Å²) in [6.45, 7) is 1.54. The number of hydrogen-bond donors (Lipinski definition) is 1. The summed E-state index contributed by atoms with van der Waals surface area (Å²) in [4.78, 5) is 11.3. The zero-order valence-electron chi connectivity index (χ0n) is 6.91. The molecule has 68 valence electrons. The highest BCUT2D eigenvalue weighted by Gasteiger charge is 2.29. The van der Waals surface area contributed by atoms with Crippen LogP contribution in [0.4, 0.5) is 0 Å². The monoisotopic (exact) mass is 171 g/mol. The molecule has 2 rings (SSSR count). The minimum Gasteiger partial charge on any atom is -0.376 e. The Morgan fingerprint density at radius 3 is 2.75 bits per heavy atom. The van der Waals surface area contributed by atoms with E-state index in [1.165, 1.54) is 0 Å². The van der Waals surface area contributed by atoms with Crippen molar-refractivity contribution in [2.24, 2.45) is 0 Å². The zero-order chi connectivity index (χ0) is 8.39. The predicted molar refractivity (Wildman–Crippen MR) is 41.7 cm³/mol. The van der Waals surface area contributed by atoms with Crippen LogP contribution in [0.1, 0.15) is 12.8 Å². The fourth-order valence-electron chi connectivity index (χ4n) is 1.16. The molecule has 12 heavy (non-hydrogen) atoms. The van der Waals surface area contributed by atoms with E-state index in [0.717, 1.165) is 12.8 Å². The van der Waals surface area contributed by atoms with E-state index in [0.29, 0.717) is 25.9 Å². The van der Waals surface area contributed by atoms with Gasteiger partial charge in [0.05, 0.1) is 19.8 Å². The van der Waals surface area contributed by atoms with Crippen LogP contribution >= 0.6 is 0 Å². The molecule has 0 spiro atoms. The van der Waals surface area contributed by atoms with Crippen molar-refractivity contribution >= 4 is 5.91 Å². The number of hydrogen-bond acceptors (Lipinski definition) is 3. The smallest absolute Gasteiger partial charge is 0.251 e. The normalized spacial score (nSPS) is 29.8. The summed E-state index contributed by atoms with van der Waals surface area (Å²) in [5.74, 6) is -0.0165. The quantitative estimate of drug-likeness (QED) is 0.619. The Bertz CT molecular complexity index is 173. The molecule has 1 aliphatic carbocycles. The Morgan fingerprint density at radius 1 is 1.33 bits per heavy atom. The molecule has 0 radical (unpaired) electrons. The third kappa shape index (κ3) is 1.95. The Hall–Kier alpha value is -0.610. The number of carbonyl (C=O) groups excluding carboxylic acids is 1. The SMILES string of the molecule is O=C(NC1CC1)C1COCCO1. The summed E-state index contributed by atoms with van der Waals surface area (Å²) in [5.41, 5.74) is 0. The van der Waals surface area contributed by atoms with Gasteiger partial charge in [0.2, 0.25) is 0 Å². The molecule has 2 fully saturated rings. The summed E-state index contributed by atoms with van der Waals surface area (Å²) in [7, 11) is 0. The molecule has 1 N–H and O–H groups in total. The van der Waals surface area contributed by atoms with E-state index < -0.39 is 0 Å². The molecule has 1 amide bonds. The van der Waals surface area contributed by atoms with Gasteiger partial charge in [-0.1, -0.05) is 0 Å². The van der Waals surface area contributed by atoms with Crippen molar-refractivity contribution in [1.29, 1.82) is 0 Å². The van der Waals surface area contributed by atoms with Crippen molar-refractivity contribution in [3.05, 3.63) is 0 Å². The van der Waals surface area contributed by atoms with Crippen molar-refractivity contribution in [1.82, 2.24) is 5.32 Å². The van der Waals surface area contributed by atoms with E-state index in [1.807, 2.05) is 0 Å². The van der Waals surface area contributed by atoms with Crippen LogP contribution in [0, 0.1) is 0 Å². The highest BCUT2D eigenvalue weighted by atomic mass is 16.6. The van der Waals surface area contributed by atoms with Gasteiger partial charge in [0.1, 0.15) is 0 Å². The molecule has 1 aliphatic heterocycles. The molecular formula is C8H13NO3.